The minimum atomic E-state index is -1.03. The third kappa shape index (κ3) is 2.77. The summed E-state index contributed by atoms with van der Waals surface area (Å²) in [6, 6.07) is 1.37. The number of H-pyrrole nitrogens is 1. The van der Waals surface area contributed by atoms with Crippen molar-refractivity contribution in [2.24, 2.45) is 0 Å². The molecule has 2 N–H and O–H groups in total. The third-order valence-corrected chi connectivity index (χ3v) is 1.53. The van der Waals surface area contributed by atoms with Crippen LogP contribution >= 0.6 is 0 Å². The number of hydrogen-bond acceptors (Lipinski definition) is 3. The Morgan fingerprint density at radius 1 is 1.77 bits per heavy atom. The van der Waals surface area contributed by atoms with Crippen LogP contribution in [0.5, 0.6) is 5.88 Å². The molecule has 1 aromatic rings. The number of carboxylic acids is 1. The Kier molecular flexibility index (Phi) is 3.31. The molecule has 0 amide bonds. The predicted molar refractivity (Wildman–Crippen MR) is 46.0 cm³/mol. The lowest BCUT2D eigenvalue weighted by Gasteiger charge is -1.98. The lowest BCUT2D eigenvalue weighted by molar-refractivity contribution is 0.0690. The van der Waals surface area contributed by atoms with Gasteiger partial charge in [0, 0.05) is 6.07 Å². The quantitative estimate of drug-likeness (QED) is 0.676. The van der Waals surface area contributed by atoms with Crippen molar-refractivity contribution in [1.82, 2.24) is 10.2 Å². The zero-order valence-electron chi connectivity index (χ0n) is 7.41. The summed E-state index contributed by atoms with van der Waals surface area (Å²) in [6.45, 7) is 2.62. The number of aromatic amines is 1. The first-order chi connectivity index (χ1) is 6.24. The van der Waals surface area contributed by atoms with Crippen LogP contribution in [0.4, 0.5) is 0 Å². The topological polar surface area (TPSA) is 75.2 Å². The van der Waals surface area contributed by atoms with E-state index in [0.717, 1.165) is 12.8 Å². The van der Waals surface area contributed by atoms with Crippen molar-refractivity contribution in [1.29, 1.82) is 0 Å². The maximum Gasteiger partial charge on any atom is 0.354 e. The van der Waals surface area contributed by atoms with Gasteiger partial charge in [0.25, 0.3) is 0 Å². The summed E-state index contributed by atoms with van der Waals surface area (Å²) in [5.41, 5.74) is 0.0477. The second-order valence-electron chi connectivity index (χ2n) is 2.63. The Morgan fingerprint density at radius 2 is 2.54 bits per heavy atom. The standard InChI is InChI=1S/C8H12N2O3/c1-2-3-4-13-7-5-6(8(11)12)9-10-7/h5H,2-4H2,1H3,(H,9,10)(H,11,12). The monoisotopic (exact) mass is 184 g/mol. The van der Waals surface area contributed by atoms with E-state index in [0.29, 0.717) is 12.5 Å². The van der Waals surface area contributed by atoms with Gasteiger partial charge in [0.05, 0.1) is 6.61 Å². The number of aromatic carboxylic acids is 1. The van der Waals surface area contributed by atoms with E-state index in [-0.39, 0.29) is 5.69 Å². The second kappa shape index (κ2) is 4.49. The highest BCUT2D eigenvalue weighted by atomic mass is 16.5. The third-order valence-electron chi connectivity index (χ3n) is 1.53. The first kappa shape index (κ1) is 9.57. The molecule has 1 aromatic heterocycles. The van der Waals surface area contributed by atoms with Gasteiger partial charge in [0.2, 0.25) is 5.88 Å². The van der Waals surface area contributed by atoms with Crippen LogP contribution in [-0.2, 0) is 0 Å². The van der Waals surface area contributed by atoms with E-state index in [1.807, 2.05) is 0 Å². The van der Waals surface area contributed by atoms with E-state index < -0.39 is 5.97 Å². The zero-order chi connectivity index (χ0) is 9.68. The van der Waals surface area contributed by atoms with Crippen molar-refractivity contribution >= 4 is 5.97 Å². The maximum absolute atomic E-state index is 10.4. The van der Waals surface area contributed by atoms with Gasteiger partial charge in [0.15, 0.2) is 0 Å². The van der Waals surface area contributed by atoms with Gasteiger partial charge < -0.3 is 9.84 Å². The molecule has 0 bridgehead atoms. The van der Waals surface area contributed by atoms with Crippen LogP contribution in [0, 0.1) is 0 Å². The largest absolute Gasteiger partial charge is 0.477 e. The number of rotatable bonds is 5. The van der Waals surface area contributed by atoms with Gasteiger partial charge in [-0.2, -0.15) is 0 Å². The van der Waals surface area contributed by atoms with Crippen LogP contribution in [-0.4, -0.2) is 27.9 Å². The molecule has 0 saturated carbocycles. The van der Waals surface area contributed by atoms with Crippen LogP contribution < -0.4 is 4.74 Å². The number of carboxylic acid groups (broad SMARTS) is 1. The van der Waals surface area contributed by atoms with E-state index in [4.69, 9.17) is 9.84 Å². The molecule has 13 heavy (non-hydrogen) atoms. The fourth-order valence-corrected chi connectivity index (χ4v) is 0.808. The van der Waals surface area contributed by atoms with Gasteiger partial charge >= 0.3 is 5.97 Å². The smallest absolute Gasteiger partial charge is 0.354 e. The van der Waals surface area contributed by atoms with Crippen LogP contribution in [0.1, 0.15) is 30.3 Å². The van der Waals surface area contributed by atoms with Crippen molar-refractivity contribution in [3.63, 3.8) is 0 Å². The van der Waals surface area contributed by atoms with Gasteiger partial charge in [-0.15, -0.1) is 5.10 Å². The number of hydrogen-bond donors (Lipinski definition) is 2. The van der Waals surface area contributed by atoms with Gasteiger partial charge in [-0.1, -0.05) is 13.3 Å². The molecule has 0 unspecified atom stereocenters. The SMILES string of the molecule is CCCCOc1cc(C(=O)O)[nH]n1. The number of nitrogens with zero attached hydrogens (tertiary/aromatic N) is 1. The van der Waals surface area contributed by atoms with Gasteiger partial charge in [0.1, 0.15) is 5.69 Å². The minimum absolute atomic E-state index is 0.0477. The molecule has 0 aliphatic carbocycles. The van der Waals surface area contributed by atoms with Crippen LogP contribution in [0.2, 0.25) is 0 Å². The molecule has 0 saturated heterocycles. The summed E-state index contributed by atoms with van der Waals surface area (Å²) in [6.07, 6.45) is 1.98. The van der Waals surface area contributed by atoms with Gasteiger partial charge in [-0.05, 0) is 6.42 Å². The number of unbranched alkanes of at least 4 members (excludes halogenated alkanes) is 1. The first-order valence-electron chi connectivity index (χ1n) is 4.15. The Hall–Kier alpha value is -1.52. The molecule has 5 nitrogen and oxygen atoms in total. The molecule has 1 heterocycles. The lowest BCUT2D eigenvalue weighted by atomic mass is 10.4. The van der Waals surface area contributed by atoms with Gasteiger partial charge in [-0.25, -0.2) is 4.79 Å². The van der Waals surface area contributed by atoms with E-state index in [9.17, 15) is 4.79 Å². The van der Waals surface area contributed by atoms with Crippen molar-refractivity contribution in [3.05, 3.63) is 11.8 Å². The number of ether oxygens (including phenoxy) is 1. The lowest BCUT2D eigenvalue weighted by Crippen LogP contribution is -1.96. The van der Waals surface area contributed by atoms with E-state index in [2.05, 4.69) is 17.1 Å². The van der Waals surface area contributed by atoms with Crippen LogP contribution in [0.3, 0.4) is 0 Å². The molecular weight excluding hydrogens is 172 g/mol. The molecule has 0 aliphatic rings. The molecule has 0 radical (unpaired) electrons. The highest BCUT2D eigenvalue weighted by Gasteiger charge is 2.07. The summed E-state index contributed by atoms with van der Waals surface area (Å²) in [7, 11) is 0. The molecule has 0 atom stereocenters. The molecule has 0 spiro atoms. The second-order valence-corrected chi connectivity index (χ2v) is 2.63. The van der Waals surface area contributed by atoms with Gasteiger partial charge in [-0.3, -0.25) is 5.10 Å². The van der Waals surface area contributed by atoms with Crippen molar-refractivity contribution in [2.75, 3.05) is 6.61 Å². The fraction of sp³-hybridized carbons (Fsp3) is 0.500. The van der Waals surface area contributed by atoms with E-state index in [1.54, 1.807) is 0 Å². The van der Waals surface area contributed by atoms with E-state index >= 15 is 0 Å². The number of carbonyl (C=O) groups is 1. The van der Waals surface area contributed by atoms with Crippen LogP contribution in [0.25, 0.3) is 0 Å². The number of aromatic nitrogens is 2. The van der Waals surface area contributed by atoms with Crippen molar-refractivity contribution in [3.8, 4) is 5.88 Å². The summed E-state index contributed by atoms with van der Waals surface area (Å²) >= 11 is 0. The Morgan fingerprint density at radius 3 is 3.08 bits per heavy atom. The molecule has 0 aromatic carbocycles. The van der Waals surface area contributed by atoms with Crippen LogP contribution in [0.15, 0.2) is 6.07 Å². The molecule has 0 aliphatic heterocycles. The molecule has 0 fully saturated rings. The summed E-state index contributed by atoms with van der Waals surface area (Å²) in [4.78, 5) is 10.4. The molecule has 1 rings (SSSR count). The van der Waals surface area contributed by atoms with Crippen molar-refractivity contribution in [2.45, 2.75) is 19.8 Å². The number of nitrogens with one attached hydrogen (secondary N) is 1. The molecule has 5 heteroatoms. The minimum Gasteiger partial charge on any atom is -0.477 e. The molecule has 72 valence electrons. The van der Waals surface area contributed by atoms with Crippen molar-refractivity contribution < 1.29 is 14.6 Å². The molecular formula is C8H12N2O3. The average molecular weight is 184 g/mol. The predicted octanol–water partition coefficient (Wildman–Crippen LogP) is 1.29. The fourth-order valence-electron chi connectivity index (χ4n) is 0.808. The summed E-state index contributed by atoms with van der Waals surface area (Å²) < 4.78 is 5.17. The normalized spacial score (nSPS) is 9.92. The van der Waals surface area contributed by atoms with E-state index in [1.165, 1.54) is 6.07 Å². The Balaban J connectivity index is 2.44. The Bertz CT molecular complexity index is 283. The highest BCUT2D eigenvalue weighted by Crippen LogP contribution is 2.08. The summed E-state index contributed by atoms with van der Waals surface area (Å²) in [5.74, 6) is -0.691. The first-order valence-corrected chi connectivity index (χ1v) is 4.15. The Labute approximate surface area is 75.7 Å². The zero-order valence-corrected chi connectivity index (χ0v) is 7.41. The highest BCUT2D eigenvalue weighted by molar-refractivity contribution is 5.85. The average Bonchev–Trinajstić information content (AvgIpc) is 2.53. The maximum atomic E-state index is 10.4. The summed E-state index contributed by atoms with van der Waals surface area (Å²) in [5, 5.41) is 14.6.